The molecule has 1 unspecified atom stereocenters. The van der Waals surface area contributed by atoms with Crippen LogP contribution < -0.4 is 10.1 Å². The van der Waals surface area contributed by atoms with Crippen LogP contribution in [-0.2, 0) is 16.1 Å². The maximum atomic E-state index is 12.2. The second-order valence-corrected chi connectivity index (χ2v) is 5.45. The molecule has 0 aliphatic carbocycles. The predicted octanol–water partition coefficient (Wildman–Crippen LogP) is 0.720. The molecule has 0 heterocycles. The molecule has 1 N–H and O–H groups in total. The molecule has 0 aliphatic heterocycles. The highest BCUT2D eigenvalue weighted by atomic mass is 16.5. The second-order valence-electron chi connectivity index (χ2n) is 5.45. The average Bonchev–Trinajstić information content (AvgIpc) is 2.51. The second kappa shape index (κ2) is 8.38. The van der Waals surface area contributed by atoms with Crippen molar-refractivity contribution < 1.29 is 14.3 Å². The van der Waals surface area contributed by atoms with E-state index in [0.29, 0.717) is 6.54 Å². The Labute approximate surface area is 132 Å². The summed E-state index contributed by atoms with van der Waals surface area (Å²) < 4.78 is 5.15. The van der Waals surface area contributed by atoms with Gasteiger partial charge in [0.15, 0.2) is 0 Å². The largest absolute Gasteiger partial charge is 0.497 e. The Morgan fingerprint density at radius 3 is 2.55 bits per heavy atom. The molecule has 122 valence electrons. The first-order chi connectivity index (χ1) is 10.3. The first-order valence-electron chi connectivity index (χ1n) is 7.16. The van der Waals surface area contributed by atoms with Gasteiger partial charge in [-0.25, -0.2) is 0 Å². The molecule has 0 saturated heterocycles. The zero-order valence-electron chi connectivity index (χ0n) is 13.9. The molecule has 6 heteroatoms. The van der Waals surface area contributed by atoms with Gasteiger partial charge in [0.05, 0.1) is 19.7 Å². The molecular formula is C16H25N3O3. The van der Waals surface area contributed by atoms with Crippen LogP contribution in [0.15, 0.2) is 24.3 Å². The van der Waals surface area contributed by atoms with Crippen molar-refractivity contribution in [2.24, 2.45) is 0 Å². The van der Waals surface area contributed by atoms with E-state index in [-0.39, 0.29) is 24.4 Å². The average molecular weight is 307 g/mol. The summed E-state index contributed by atoms with van der Waals surface area (Å²) in [6.45, 7) is 2.42. The number of carbonyl (C=O) groups is 2. The third-order valence-electron chi connectivity index (χ3n) is 3.52. The minimum Gasteiger partial charge on any atom is -0.497 e. The van der Waals surface area contributed by atoms with Gasteiger partial charge in [0, 0.05) is 20.6 Å². The van der Waals surface area contributed by atoms with E-state index in [4.69, 9.17) is 4.74 Å². The number of hydrogen-bond donors (Lipinski definition) is 1. The molecule has 0 saturated carbocycles. The number of hydrogen-bond acceptors (Lipinski definition) is 4. The molecule has 1 aromatic carbocycles. The number of amides is 2. The lowest BCUT2D eigenvalue weighted by atomic mass is 10.2. The van der Waals surface area contributed by atoms with E-state index in [0.717, 1.165) is 11.3 Å². The minimum absolute atomic E-state index is 0.0325. The number of benzene rings is 1. The molecule has 0 bridgehead atoms. The van der Waals surface area contributed by atoms with Crippen LogP contribution in [0, 0.1) is 0 Å². The van der Waals surface area contributed by atoms with Crippen LogP contribution in [0.3, 0.4) is 0 Å². The van der Waals surface area contributed by atoms with E-state index >= 15 is 0 Å². The Bertz CT molecular complexity index is 517. The fourth-order valence-electron chi connectivity index (χ4n) is 1.81. The summed E-state index contributed by atoms with van der Waals surface area (Å²) in [6, 6.07) is 7.16. The standard InChI is InChI=1S/C16H25N3O3/c1-12(19(4)11-15(20)18(2)3)16(21)17-10-13-7-6-8-14(9-13)22-5/h6-9,12H,10-11H2,1-5H3,(H,17,21). The van der Waals surface area contributed by atoms with E-state index in [2.05, 4.69) is 5.32 Å². The van der Waals surface area contributed by atoms with Crippen molar-refractivity contribution in [3.63, 3.8) is 0 Å². The Balaban J connectivity index is 2.51. The normalized spacial score (nSPS) is 11.9. The quantitative estimate of drug-likeness (QED) is 0.806. The fourth-order valence-corrected chi connectivity index (χ4v) is 1.81. The highest BCUT2D eigenvalue weighted by molar-refractivity contribution is 5.83. The van der Waals surface area contributed by atoms with E-state index < -0.39 is 0 Å². The van der Waals surface area contributed by atoms with Crippen LogP contribution in [-0.4, -0.2) is 62.5 Å². The van der Waals surface area contributed by atoms with Crippen LogP contribution in [0.5, 0.6) is 5.75 Å². The molecule has 6 nitrogen and oxygen atoms in total. The number of nitrogens with zero attached hydrogens (tertiary/aromatic N) is 2. The van der Waals surface area contributed by atoms with E-state index in [1.807, 2.05) is 24.3 Å². The SMILES string of the molecule is COc1cccc(CNC(=O)C(C)N(C)CC(=O)N(C)C)c1. The zero-order valence-corrected chi connectivity index (χ0v) is 13.9. The Kier molecular flexibility index (Phi) is 6.85. The van der Waals surface area contributed by atoms with E-state index in [1.54, 1.807) is 40.1 Å². The Morgan fingerprint density at radius 2 is 1.95 bits per heavy atom. The molecule has 22 heavy (non-hydrogen) atoms. The van der Waals surface area contributed by atoms with Crippen LogP contribution >= 0.6 is 0 Å². The maximum Gasteiger partial charge on any atom is 0.237 e. The van der Waals surface area contributed by atoms with Gasteiger partial charge in [0.25, 0.3) is 0 Å². The van der Waals surface area contributed by atoms with Crippen LogP contribution in [0.2, 0.25) is 0 Å². The summed E-state index contributed by atoms with van der Waals surface area (Å²) in [5.41, 5.74) is 0.965. The van der Waals surface area contributed by atoms with Gasteiger partial charge in [-0.3, -0.25) is 14.5 Å². The van der Waals surface area contributed by atoms with Gasteiger partial charge >= 0.3 is 0 Å². The third kappa shape index (κ3) is 5.37. The highest BCUT2D eigenvalue weighted by Gasteiger charge is 2.20. The minimum atomic E-state index is -0.380. The predicted molar refractivity (Wildman–Crippen MR) is 85.6 cm³/mol. The first-order valence-corrected chi connectivity index (χ1v) is 7.16. The van der Waals surface area contributed by atoms with E-state index in [1.165, 1.54) is 4.90 Å². The number of likely N-dealkylation sites (N-methyl/N-ethyl adjacent to an activating group) is 2. The summed E-state index contributed by atoms with van der Waals surface area (Å²) in [5.74, 6) is 0.611. The van der Waals surface area contributed by atoms with Crippen LogP contribution in [0.1, 0.15) is 12.5 Å². The molecule has 1 atom stereocenters. The molecule has 2 amide bonds. The lowest BCUT2D eigenvalue weighted by Crippen LogP contribution is -2.46. The summed E-state index contributed by atoms with van der Waals surface area (Å²) in [7, 11) is 6.76. The van der Waals surface area contributed by atoms with Crippen molar-refractivity contribution in [2.45, 2.75) is 19.5 Å². The maximum absolute atomic E-state index is 12.2. The highest BCUT2D eigenvalue weighted by Crippen LogP contribution is 2.12. The van der Waals surface area contributed by atoms with Gasteiger partial charge in [-0.1, -0.05) is 12.1 Å². The van der Waals surface area contributed by atoms with Crippen molar-refractivity contribution >= 4 is 11.8 Å². The summed E-state index contributed by atoms with van der Waals surface area (Å²) in [4.78, 5) is 27.1. The van der Waals surface area contributed by atoms with Gasteiger partial charge in [0.2, 0.25) is 11.8 Å². The number of nitrogens with one attached hydrogen (secondary N) is 1. The summed E-state index contributed by atoms with van der Waals surface area (Å²) in [5, 5.41) is 2.87. The van der Waals surface area contributed by atoms with Gasteiger partial charge in [-0.2, -0.15) is 0 Å². The van der Waals surface area contributed by atoms with Gasteiger partial charge in [0.1, 0.15) is 5.75 Å². The van der Waals surface area contributed by atoms with Crippen molar-refractivity contribution in [2.75, 3.05) is 34.8 Å². The third-order valence-corrected chi connectivity index (χ3v) is 3.52. The van der Waals surface area contributed by atoms with Gasteiger partial charge < -0.3 is 15.0 Å². The number of methoxy groups -OCH3 is 1. The molecule has 0 aliphatic rings. The first kappa shape index (κ1) is 18.0. The molecule has 1 aromatic rings. The molecule has 1 rings (SSSR count). The lowest BCUT2D eigenvalue weighted by Gasteiger charge is -2.24. The summed E-state index contributed by atoms with van der Waals surface area (Å²) in [6.07, 6.45) is 0. The van der Waals surface area contributed by atoms with Crippen molar-refractivity contribution in [3.05, 3.63) is 29.8 Å². The lowest BCUT2D eigenvalue weighted by molar-refractivity contribution is -0.132. The van der Waals surface area contributed by atoms with Gasteiger partial charge in [-0.15, -0.1) is 0 Å². The van der Waals surface area contributed by atoms with E-state index in [9.17, 15) is 9.59 Å². The van der Waals surface area contributed by atoms with Crippen molar-refractivity contribution in [1.29, 1.82) is 0 Å². The Morgan fingerprint density at radius 1 is 1.27 bits per heavy atom. The molecule has 0 radical (unpaired) electrons. The number of rotatable bonds is 7. The number of ether oxygens (including phenoxy) is 1. The molecule has 0 fully saturated rings. The smallest absolute Gasteiger partial charge is 0.237 e. The monoisotopic (exact) mass is 307 g/mol. The zero-order chi connectivity index (χ0) is 16.7. The summed E-state index contributed by atoms with van der Waals surface area (Å²) >= 11 is 0. The van der Waals surface area contributed by atoms with Crippen LogP contribution in [0.25, 0.3) is 0 Å². The molecule has 0 aromatic heterocycles. The fraction of sp³-hybridized carbons (Fsp3) is 0.500. The van der Waals surface area contributed by atoms with Crippen molar-refractivity contribution in [1.82, 2.24) is 15.1 Å². The number of carbonyl (C=O) groups excluding carboxylic acids is 2. The van der Waals surface area contributed by atoms with Gasteiger partial charge in [-0.05, 0) is 31.7 Å². The molecule has 0 spiro atoms. The Hall–Kier alpha value is -2.08. The topological polar surface area (TPSA) is 61.9 Å². The van der Waals surface area contributed by atoms with Crippen molar-refractivity contribution in [3.8, 4) is 5.75 Å². The molecular weight excluding hydrogens is 282 g/mol. The van der Waals surface area contributed by atoms with Crippen LogP contribution in [0.4, 0.5) is 0 Å².